The van der Waals surface area contributed by atoms with Crippen LogP contribution in [0.1, 0.15) is 25.3 Å². The van der Waals surface area contributed by atoms with Crippen molar-refractivity contribution in [2.45, 2.75) is 37.7 Å². The largest absolute Gasteiger partial charge is 0.364 e. The second kappa shape index (κ2) is 7.67. The van der Waals surface area contributed by atoms with Crippen molar-refractivity contribution in [2.75, 3.05) is 17.6 Å². The summed E-state index contributed by atoms with van der Waals surface area (Å²) in [4.78, 5) is 12.1. The molecule has 3 N–H and O–H groups in total. The fourth-order valence-corrected chi connectivity index (χ4v) is 2.87. The number of carbonyl (C=O) groups excluding carboxylic acids is 1. The Kier molecular flexibility index (Phi) is 5.88. The van der Waals surface area contributed by atoms with E-state index in [1.54, 1.807) is 0 Å². The van der Waals surface area contributed by atoms with E-state index in [1.807, 2.05) is 30.0 Å². The highest BCUT2D eigenvalue weighted by atomic mass is 32.2. The topological polar surface area (TPSA) is 64.4 Å². The summed E-state index contributed by atoms with van der Waals surface area (Å²) >= 11 is 1.87. The van der Waals surface area contributed by atoms with Gasteiger partial charge in [-0.15, -0.1) is 0 Å². The van der Waals surface area contributed by atoms with E-state index in [2.05, 4.69) is 18.3 Å². The van der Waals surface area contributed by atoms with Crippen molar-refractivity contribution in [1.82, 2.24) is 0 Å². The standard InChI is InChI=1S/C15H22N2O2S/c1-2-20-10-11-4-3-5-12(8-11)17-15(18)14-7-6-13(9-16)19-14/h3-5,8,13-14H,2,6-7,9-10,16H2,1H3,(H,17,18)/t13-,14+/m1/s1. The highest BCUT2D eigenvalue weighted by Gasteiger charge is 2.29. The van der Waals surface area contributed by atoms with E-state index in [0.717, 1.165) is 30.0 Å². The number of amides is 1. The maximum atomic E-state index is 12.1. The molecule has 0 bridgehead atoms. The lowest BCUT2D eigenvalue weighted by atomic mass is 10.1. The van der Waals surface area contributed by atoms with Crippen LogP contribution in [0.5, 0.6) is 0 Å². The van der Waals surface area contributed by atoms with Gasteiger partial charge in [-0.25, -0.2) is 0 Å². The summed E-state index contributed by atoms with van der Waals surface area (Å²) in [5, 5.41) is 2.93. The molecule has 1 heterocycles. The van der Waals surface area contributed by atoms with Gasteiger partial charge in [0.25, 0.3) is 5.91 Å². The van der Waals surface area contributed by atoms with Crippen LogP contribution in [0, 0.1) is 0 Å². The molecule has 110 valence electrons. The van der Waals surface area contributed by atoms with Gasteiger partial charge in [0.05, 0.1) is 6.10 Å². The molecule has 1 aromatic rings. The van der Waals surface area contributed by atoms with Gasteiger partial charge in [-0.3, -0.25) is 4.79 Å². The molecule has 0 aromatic heterocycles. The number of hydrogen-bond donors (Lipinski definition) is 2. The van der Waals surface area contributed by atoms with E-state index in [9.17, 15) is 4.79 Å². The molecular weight excluding hydrogens is 272 g/mol. The Balaban J connectivity index is 1.91. The van der Waals surface area contributed by atoms with Gasteiger partial charge in [-0.2, -0.15) is 11.8 Å². The van der Waals surface area contributed by atoms with Crippen molar-refractivity contribution in [3.05, 3.63) is 29.8 Å². The van der Waals surface area contributed by atoms with Crippen LogP contribution in [0.15, 0.2) is 24.3 Å². The summed E-state index contributed by atoms with van der Waals surface area (Å²) in [7, 11) is 0. The first kappa shape index (κ1) is 15.4. The van der Waals surface area contributed by atoms with Crippen LogP contribution in [-0.2, 0) is 15.3 Å². The molecule has 4 nitrogen and oxygen atoms in total. The molecule has 1 aromatic carbocycles. The van der Waals surface area contributed by atoms with Crippen LogP contribution in [0.25, 0.3) is 0 Å². The number of anilines is 1. The number of thioether (sulfide) groups is 1. The summed E-state index contributed by atoms with van der Waals surface area (Å²) in [6.45, 7) is 2.62. The van der Waals surface area contributed by atoms with E-state index in [0.29, 0.717) is 6.54 Å². The molecule has 1 amide bonds. The van der Waals surface area contributed by atoms with E-state index in [1.165, 1.54) is 5.56 Å². The molecule has 0 radical (unpaired) electrons. The molecule has 1 saturated heterocycles. The summed E-state index contributed by atoms with van der Waals surface area (Å²) in [5.41, 5.74) is 7.62. The number of carbonyl (C=O) groups is 1. The molecule has 5 heteroatoms. The van der Waals surface area contributed by atoms with Crippen LogP contribution in [-0.4, -0.2) is 30.4 Å². The zero-order valence-corrected chi connectivity index (χ0v) is 12.6. The predicted octanol–water partition coefficient (Wildman–Crippen LogP) is 2.38. The number of nitrogens with two attached hydrogens (primary N) is 1. The Morgan fingerprint density at radius 1 is 1.50 bits per heavy atom. The number of ether oxygens (including phenoxy) is 1. The molecule has 20 heavy (non-hydrogen) atoms. The summed E-state index contributed by atoms with van der Waals surface area (Å²) in [6.07, 6.45) is 1.27. The Labute approximate surface area is 124 Å². The van der Waals surface area contributed by atoms with Gasteiger partial charge in [0.2, 0.25) is 0 Å². The highest BCUT2D eigenvalue weighted by Crippen LogP contribution is 2.21. The maximum Gasteiger partial charge on any atom is 0.253 e. The van der Waals surface area contributed by atoms with Crippen molar-refractivity contribution in [3.63, 3.8) is 0 Å². The lowest BCUT2D eigenvalue weighted by Gasteiger charge is -2.13. The molecule has 1 fully saturated rings. The SMILES string of the molecule is CCSCc1cccc(NC(=O)[C@@H]2CC[C@H](CN)O2)c1. The van der Waals surface area contributed by atoms with Crippen LogP contribution in [0.3, 0.4) is 0 Å². The Morgan fingerprint density at radius 2 is 2.35 bits per heavy atom. The van der Waals surface area contributed by atoms with Gasteiger partial charge in [0.1, 0.15) is 6.10 Å². The monoisotopic (exact) mass is 294 g/mol. The minimum Gasteiger partial charge on any atom is -0.364 e. The lowest BCUT2D eigenvalue weighted by Crippen LogP contribution is -2.29. The Morgan fingerprint density at radius 3 is 3.05 bits per heavy atom. The number of rotatable bonds is 6. The number of hydrogen-bond acceptors (Lipinski definition) is 4. The van der Waals surface area contributed by atoms with Crippen molar-refractivity contribution in [1.29, 1.82) is 0 Å². The van der Waals surface area contributed by atoms with E-state index < -0.39 is 0 Å². The van der Waals surface area contributed by atoms with Gasteiger partial charge in [-0.05, 0) is 36.3 Å². The second-order valence-electron chi connectivity index (χ2n) is 4.89. The van der Waals surface area contributed by atoms with Crippen LogP contribution in [0.4, 0.5) is 5.69 Å². The average Bonchev–Trinajstić information content (AvgIpc) is 2.94. The van der Waals surface area contributed by atoms with Crippen LogP contribution in [0.2, 0.25) is 0 Å². The fourth-order valence-electron chi connectivity index (χ4n) is 2.25. The average molecular weight is 294 g/mol. The quantitative estimate of drug-likeness (QED) is 0.845. The third kappa shape index (κ3) is 4.23. The van der Waals surface area contributed by atoms with Crippen molar-refractivity contribution in [2.24, 2.45) is 5.73 Å². The van der Waals surface area contributed by atoms with Gasteiger partial charge < -0.3 is 15.8 Å². The van der Waals surface area contributed by atoms with E-state index >= 15 is 0 Å². The zero-order chi connectivity index (χ0) is 14.4. The first-order chi connectivity index (χ1) is 9.72. The predicted molar refractivity (Wildman–Crippen MR) is 83.9 cm³/mol. The lowest BCUT2D eigenvalue weighted by molar-refractivity contribution is -0.126. The van der Waals surface area contributed by atoms with Gasteiger partial charge in [-0.1, -0.05) is 19.1 Å². The minimum absolute atomic E-state index is 0.0260. The summed E-state index contributed by atoms with van der Waals surface area (Å²) in [5.74, 6) is 1.99. The van der Waals surface area contributed by atoms with E-state index in [4.69, 9.17) is 10.5 Å². The summed E-state index contributed by atoms with van der Waals surface area (Å²) < 4.78 is 5.60. The first-order valence-corrected chi connectivity index (χ1v) is 8.21. The van der Waals surface area contributed by atoms with E-state index in [-0.39, 0.29) is 18.1 Å². The van der Waals surface area contributed by atoms with Crippen molar-refractivity contribution in [3.8, 4) is 0 Å². The molecule has 2 rings (SSSR count). The first-order valence-electron chi connectivity index (χ1n) is 7.06. The third-order valence-electron chi connectivity index (χ3n) is 3.33. The van der Waals surface area contributed by atoms with Gasteiger partial charge in [0.15, 0.2) is 0 Å². The zero-order valence-electron chi connectivity index (χ0n) is 11.8. The normalized spacial score (nSPS) is 21.9. The minimum atomic E-state index is -0.364. The molecule has 0 saturated carbocycles. The van der Waals surface area contributed by atoms with Crippen LogP contribution >= 0.6 is 11.8 Å². The van der Waals surface area contributed by atoms with Gasteiger partial charge >= 0.3 is 0 Å². The Hall–Kier alpha value is -1.04. The molecule has 0 spiro atoms. The molecule has 0 aliphatic carbocycles. The molecule has 1 aliphatic heterocycles. The molecule has 0 unspecified atom stereocenters. The Bertz CT molecular complexity index is 453. The van der Waals surface area contributed by atoms with Crippen molar-refractivity contribution >= 4 is 23.4 Å². The van der Waals surface area contributed by atoms with Crippen LogP contribution < -0.4 is 11.1 Å². The number of benzene rings is 1. The summed E-state index contributed by atoms with van der Waals surface area (Å²) in [6, 6.07) is 7.98. The third-order valence-corrected chi connectivity index (χ3v) is 4.28. The smallest absolute Gasteiger partial charge is 0.253 e. The second-order valence-corrected chi connectivity index (χ2v) is 6.16. The van der Waals surface area contributed by atoms with Crippen molar-refractivity contribution < 1.29 is 9.53 Å². The molecule has 2 atom stereocenters. The van der Waals surface area contributed by atoms with Gasteiger partial charge in [0, 0.05) is 18.0 Å². The fraction of sp³-hybridized carbons (Fsp3) is 0.533. The number of nitrogens with one attached hydrogen (secondary N) is 1. The highest BCUT2D eigenvalue weighted by molar-refractivity contribution is 7.98. The maximum absolute atomic E-state index is 12.1. The molecular formula is C15H22N2O2S. The molecule has 1 aliphatic rings.